The molecule has 0 spiro atoms. The molecule has 2 amide bonds. The molecule has 0 aliphatic heterocycles. The third kappa shape index (κ3) is 6.16. The molecule has 0 bridgehead atoms. The summed E-state index contributed by atoms with van der Waals surface area (Å²) in [7, 11) is 0. The van der Waals surface area contributed by atoms with Crippen molar-refractivity contribution in [3.05, 3.63) is 125 Å². The van der Waals surface area contributed by atoms with Crippen LogP contribution in [0.2, 0.25) is 0 Å². The van der Waals surface area contributed by atoms with Crippen LogP contribution in [0.15, 0.2) is 102 Å². The van der Waals surface area contributed by atoms with Crippen LogP contribution in [0.3, 0.4) is 0 Å². The Bertz CT molecular complexity index is 1340. The molecule has 0 radical (unpaired) electrons. The fraction of sp³-hybridized carbons (Fsp3) is 0.103. The molecule has 0 fully saturated rings. The van der Waals surface area contributed by atoms with Crippen LogP contribution in [0, 0.1) is 19.7 Å². The van der Waals surface area contributed by atoms with Crippen LogP contribution in [-0.2, 0) is 4.79 Å². The number of rotatable bonds is 7. The standard InChI is InChI=1S/C29H25FN2O2S/c1-19-12-13-23(18-20(19)2)32-29(34)27(21-8-4-3-5-9-21)35-24-16-14-22(15-17-24)31-28(33)25-10-6-7-11-26(25)30/h3-18,27H,1-2H3,(H,31,33)(H,32,34). The molecule has 1 unspecified atom stereocenters. The van der Waals surface area contributed by atoms with Crippen molar-refractivity contribution in [1.82, 2.24) is 0 Å². The molecule has 4 rings (SSSR count). The highest BCUT2D eigenvalue weighted by Gasteiger charge is 2.22. The van der Waals surface area contributed by atoms with Gasteiger partial charge < -0.3 is 10.6 Å². The van der Waals surface area contributed by atoms with Crippen molar-refractivity contribution in [1.29, 1.82) is 0 Å². The molecule has 1 atom stereocenters. The van der Waals surface area contributed by atoms with E-state index in [1.54, 1.807) is 18.2 Å². The third-order valence-corrected chi connectivity index (χ3v) is 6.87. The zero-order valence-corrected chi connectivity index (χ0v) is 20.2. The van der Waals surface area contributed by atoms with Crippen LogP contribution in [-0.4, -0.2) is 11.8 Å². The first-order valence-electron chi connectivity index (χ1n) is 11.2. The Kier molecular flexibility index (Phi) is 7.63. The van der Waals surface area contributed by atoms with Crippen molar-refractivity contribution in [2.75, 3.05) is 10.6 Å². The van der Waals surface area contributed by atoms with E-state index in [4.69, 9.17) is 0 Å². The Balaban J connectivity index is 1.50. The minimum Gasteiger partial charge on any atom is -0.325 e. The Morgan fingerprint density at radius 2 is 1.40 bits per heavy atom. The maximum Gasteiger partial charge on any atom is 0.258 e. The molecule has 0 heterocycles. The summed E-state index contributed by atoms with van der Waals surface area (Å²) in [5.74, 6) is -1.21. The van der Waals surface area contributed by atoms with Gasteiger partial charge in [0.05, 0.1) is 5.56 Å². The Labute approximate surface area is 208 Å². The molecule has 0 aliphatic rings. The zero-order chi connectivity index (χ0) is 24.8. The van der Waals surface area contributed by atoms with E-state index in [0.717, 1.165) is 21.7 Å². The fourth-order valence-electron chi connectivity index (χ4n) is 3.52. The van der Waals surface area contributed by atoms with E-state index in [1.807, 2.05) is 74.5 Å². The summed E-state index contributed by atoms with van der Waals surface area (Å²) in [4.78, 5) is 26.5. The Hall–Kier alpha value is -3.90. The molecular weight excluding hydrogens is 459 g/mol. The Morgan fingerprint density at radius 3 is 2.09 bits per heavy atom. The third-order valence-electron chi connectivity index (χ3n) is 5.60. The quantitative estimate of drug-likeness (QED) is 0.274. The van der Waals surface area contributed by atoms with Gasteiger partial charge in [0.2, 0.25) is 5.91 Å². The van der Waals surface area contributed by atoms with Gasteiger partial charge in [0, 0.05) is 16.3 Å². The average molecular weight is 485 g/mol. The lowest BCUT2D eigenvalue weighted by molar-refractivity contribution is -0.115. The maximum atomic E-state index is 13.9. The number of hydrogen-bond acceptors (Lipinski definition) is 3. The number of thioether (sulfide) groups is 1. The van der Waals surface area contributed by atoms with Crippen LogP contribution in [0.1, 0.15) is 32.3 Å². The lowest BCUT2D eigenvalue weighted by Gasteiger charge is -2.18. The van der Waals surface area contributed by atoms with Crippen molar-refractivity contribution >= 4 is 35.0 Å². The number of anilines is 2. The number of carbonyl (C=O) groups is 2. The lowest BCUT2D eigenvalue weighted by atomic mass is 10.1. The molecule has 4 aromatic rings. The van der Waals surface area contributed by atoms with E-state index in [1.165, 1.54) is 35.5 Å². The van der Waals surface area contributed by atoms with E-state index in [2.05, 4.69) is 10.6 Å². The number of hydrogen-bond donors (Lipinski definition) is 2. The summed E-state index contributed by atoms with van der Waals surface area (Å²) in [5, 5.41) is 5.27. The fourth-order valence-corrected chi connectivity index (χ4v) is 4.55. The first kappa shape index (κ1) is 24.2. The van der Waals surface area contributed by atoms with E-state index in [0.29, 0.717) is 5.69 Å². The van der Waals surface area contributed by atoms with E-state index >= 15 is 0 Å². The van der Waals surface area contributed by atoms with Crippen LogP contribution in [0.25, 0.3) is 0 Å². The summed E-state index contributed by atoms with van der Waals surface area (Å²) in [5.41, 5.74) is 4.44. The van der Waals surface area contributed by atoms with Crippen molar-refractivity contribution in [2.45, 2.75) is 24.0 Å². The van der Waals surface area contributed by atoms with Crippen molar-refractivity contribution in [2.24, 2.45) is 0 Å². The molecule has 4 nitrogen and oxygen atoms in total. The van der Waals surface area contributed by atoms with E-state index in [-0.39, 0.29) is 11.5 Å². The van der Waals surface area contributed by atoms with Crippen molar-refractivity contribution in [3.63, 3.8) is 0 Å². The van der Waals surface area contributed by atoms with Gasteiger partial charge in [-0.25, -0.2) is 4.39 Å². The smallest absolute Gasteiger partial charge is 0.258 e. The second kappa shape index (κ2) is 11.0. The monoisotopic (exact) mass is 484 g/mol. The predicted octanol–water partition coefficient (Wildman–Crippen LogP) is 7.17. The molecule has 0 aromatic heterocycles. The second-order valence-electron chi connectivity index (χ2n) is 8.16. The number of nitrogens with one attached hydrogen (secondary N) is 2. The van der Waals surface area contributed by atoms with Gasteiger partial charge in [0.1, 0.15) is 11.1 Å². The lowest BCUT2D eigenvalue weighted by Crippen LogP contribution is -2.19. The number of amides is 2. The highest BCUT2D eigenvalue weighted by molar-refractivity contribution is 8.00. The summed E-state index contributed by atoms with van der Waals surface area (Å²) in [6.07, 6.45) is 0. The van der Waals surface area contributed by atoms with E-state index in [9.17, 15) is 14.0 Å². The molecule has 6 heteroatoms. The van der Waals surface area contributed by atoms with Gasteiger partial charge in [-0.05, 0) is 79.1 Å². The Morgan fingerprint density at radius 1 is 0.743 bits per heavy atom. The minimum atomic E-state index is -0.572. The molecule has 0 aliphatic carbocycles. The van der Waals surface area contributed by atoms with Crippen LogP contribution in [0.4, 0.5) is 15.8 Å². The van der Waals surface area contributed by atoms with Gasteiger partial charge in [-0.15, -0.1) is 11.8 Å². The van der Waals surface area contributed by atoms with Crippen LogP contribution >= 0.6 is 11.8 Å². The number of aryl methyl sites for hydroxylation is 2. The molecule has 4 aromatic carbocycles. The highest BCUT2D eigenvalue weighted by atomic mass is 32.2. The first-order valence-corrected chi connectivity index (χ1v) is 12.0. The van der Waals surface area contributed by atoms with Crippen molar-refractivity contribution < 1.29 is 14.0 Å². The average Bonchev–Trinajstić information content (AvgIpc) is 2.86. The van der Waals surface area contributed by atoms with Gasteiger partial charge in [-0.3, -0.25) is 9.59 Å². The molecule has 0 saturated carbocycles. The normalized spacial score (nSPS) is 11.5. The second-order valence-corrected chi connectivity index (χ2v) is 9.33. The van der Waals surface area contributed by atoms with Gasteiger partial charge in [-0.1, -0.05) is 48.5 Å². The maximum absolute atomic E-state index is 13.9. The SMILES string of the molecule is Cc1ccc(NC(=O)C(Sc2ccc(NC(=O)c3ccccc3F)cc2)c2ccccc2)cc1C. The minimum absolute atomic E-state index is 0.0156. The molecule has 0 saturated heterocycles. The molecule has 2 N–H and O–H groups in total. The number of carbonyl (C=O) groups excluding carboxylic acids is 2. The van der Waals surface area contributed by atoms with E-state index < -0.39 is 17.0 Å². The highest BCUT2D eigenvalue weighted by Crippen LogP contribution is 2.37. The summed E-state index contributed by atoms with van der Waals surface area (Å²) < 4.78 is 13.9. The van der Waals surface area contributed by atoms with Crippen LogP contribution < -0.4 is 10.6 Å². The number of halogens is 1. The predicted molar refractivity (Wildman–Crippen MR) is 140 cm³/mol. The first-order chi connectivity index (χ1) is 16.9. The van der Waals surface area contributed by atoms with Gasteiger partial charge in [-0.2, -0.15) is 0 Å². The van der Waals surface area contributed by atoms with Crippen molar-refractivity contribution in [3.8, 4) is 0 Å². The molecule has 35 heavy (non-hydrogen) atoms. The van der Waals surface area contributed by atoms with Crippen LogP contribution in [0.5, 0.6) is 0 Å². The topological polar surface area (TPSA) is 58.2 Å². The van der Waals surface area contributed by atoms with Gasteiger partial charge in [0.15, 0.2) is 0 Å². The summed E-state index contributed by atoms with van der Waals surface area (Å²) in [6, 6.07) is 28.5. The summed E-state index contributed by atoms with van der Waals surface area (Å²) >= 11 is 1.42. The number of benzene rings is 4. The molecule has 176 valence electrons. The molecular formula is C29H25FN2O2S. The zero-order valence-electron chi connectivity index (χ0n) is 19.4. The largest absolute Gasteiger partial charge is 0.325 e. The van der Waals surface area contributed by atoms with Gasteiger partial charge in [0.25, 0.3) is 5.91 Å². The van der Waals surface area contributed by atoms with Gasteiger partial charge >= 0.3 is 0 Å². The summed E-state index contributed by atoms with van der Waals surface area (Å²) in [6.45, 7) is 4.05.